The number of amides is 3. The lowest BCUT2D eigenvalue weighted by Crippen LogP contribution is -2.34. The Morgan fingerprint density at radius 1 is 1.17 bits per heavy atom. The Labute approximate surface area is 182 Å². The lowest BCUT2D eigenvalue weighted by molar-refractivity contribution is -0.124. The van der Waals surface area contributed by atoms with Crippen LogP contribution in [0.25, 0.3) is 6.08 Å². The Balaban J connectivity index is 1.44. The zero-order valence-corrected chi connectivity index (χ0v) is 18.2. The monoisotopic (exact) mass is 465 g/mol. The number of nitrogens with two attached hydrogens (primary N) is 1. The summed E-state index contributed by atoms with van der Waals surface area (Å²) >= 11 is 2.34. The van der Waals surface area contributed by atoms with E-state index in [-0.39, 0.29) is 34.9 Å². The van der Waals surface area contributed by atoms with Crippen LogP contribution in [0, 0.1) is 0 Å². The molecule has 1 saturated heterocycles. The van der Waals surface area contributed by atoms with Crippen LogP contribution in [-0.2, 0) is 26.0 Å². The van der Waals surface area contributed by atoms with Crippen LogP contribution in [0.1, 0.15) is 16.9 Å². The average molecular weight is 466 g/mol. The molecular formula is C19H19N3O5S3. The van der Waals surface area contributed by atoms with Gasteiger partial charge in [0.15, 0.2) is 0 Å². The van der Waals surface area contributed by atoms with E-state index in [0.717, 1.165) is 27.1 Å². The van der Waals surface area contributed by atoms with E-state index in [1.54, 1.807) is 18.2 Å². The molecule has 0 spiro atoms. The van der Waals surface area contributed by atoms with Crippen molar-refractivity contribution < 1.29 is 22.8 Å². The van der Waals surface area contributed by atoms with E-state index in [1.807, 2.05) is 17.5 Å². The van der Waals surface area contributed by atoms with Crippen molar-refractivity contribution in [2.45, 2.75) is 17.7 Å². The number of nitrogens with zero attached hydrogens (tertiary/aromatic N) is 1. The molecule has 8 nitrogen and oxygen atoms in total. The molecule has 0 atom stereocenters. The number of hydrogen-bond donors (Lipinski definition) is 2. The molecule has 1 aromatic carbocycles. The number of rotatable bonds is 8. The molecule has 11 heteroatoms. The summed E-state index contributed by atoms with van der Waals surface area (Å²) < 4.78 is 22.5. The van der Waals surface area contributed by atoms with E-state index in [0.29, 0.717) is 17.9 Å². The van der Waals surface area contributed by atoms with Crippen molar-refractivity contribution in [2.75, 3.05) is 13.1 Å². The average Bonchev–Trinajstić information content (AvgIpc) is 3.29. The standard InChI is InChI=1S/C19H19N3O5S3/c20-30(26,27)15-5-3-13(4-6-15)7-9-21-17(23)8-10-22-18(24)16(29-19(22)25)12-14-2-1-11-28-14/h1-6,11-12H,7-10H2,(H,21,23)(H2,20,26,27)/b16-12-. The molecule has 2 heterocycles. The predicted octanol–water partition coefficient (Wildman–Crippen LogP) is 2.18. The summed E-state index contributed by atoms with van der Waals surface area (Å²) in [7, 11) is -3.73. The summed E-state index contributed by atoms with van der Waals surface area (Å²) in [5, 5.41) is 9.28. The number of hydrogen-bond acceptors (Lipinski definition) is 7. The second-order valence-electron chi connectivity index (χ2n) is 6.39. The van der Waals surface area contributed by atoms with Crippen molar-refractivity contribution >= 4 is 56.3 Å². The number of sulfonamides is 1. The number of thioether (sulfide) groups is 1. The molecule has 158 valence electrons. The molecule has 1 aliphatic rings. The molecule has 0 radical (unpaired) electrons. The Kier molecular flexibility index (Phi) is 7.08. The Morgan fingerprint density at radius 3 is 2.53 bits per heavy atom. The SMILES string of the molecule is NS(=O)(=O)c1ccc(CCNC(=O)CCN2C(=O)S/C(=C\c3cccs3)C2=O)cc1. The lowest BCUT2D eigenvalue weighted by atomic mass is 10.1. The van der Waals surface area contributed by atoms with Gasteiger partial charge in [0.25, 0.3) is 11.1 Å². The molecular weight excluding hydrogens is 446 g/mol. The van der Waals surface area contributed by atoms with E-state index in [2.05, 4.69) is 5.32 Å². The molecule has 1 aliphatic heterocycles. The van der Waals surface area contributed by atoms with Crippen molar-refractivity contribution in [1.82, 2.24) is 10.2 Å². The normalized spacial score (nSPS) is 15.8. The highest BCUT2D eigenvalue weighted by Crippen LogP contribution is 2.32. The molecule has 0 aliphatic carbocycles. The number of imide groups is 1. The van der Waals surface area contributed by atoms with Gasteiger partial charge in [-0.1, -0.05) is 18.2 Å². The van der Waals surface area contributed by atoms with Crippen LogP contribution >= 0.6 is 23.1 Å². The zero-order chi connectivity index (χ0) is 21.7. The molecule has 0 bridgehead atoms. The van der Waals surface area contributed by atoms with E-state index in [9.17, 15) is 22.8 Å². The second-order valence-corrected chi connectivity index (χ2v) is 9.92. The minimum absolute atomic E-state index is 0.00861. The topological polar surface area (TPSA) is 127 Å². The van der Waals surface area contributed by atoms with Gasteiger partial charge in [0.1, 0.15) is 0 Å². The first kappa shape index (κ1) is 22.2. The van der Waals surface area contributed by atoms with Gasteiger partial charge in [0, 0.05) is 24.4 Å². The first-order chi connectivity index (χ1) is 14.2. The molecule has 30 heavy (non-hydrogen) atoms. The number of primary sulfonamides is 1. The van der Waals surface area contributed by atoms with Crippen molar-refractivity contribution in [3.8, 4) is 0 Å². The van der Waals surface area contributed by atoms with Crippen molar-refractivity contribution in [2.24, 2.45) is 5.14 Å². The maximum atomic E-state index is 12.4. The van der Waals surface area contributed by atoms with Gasteiger partial charge < -0.3 is 5.32 Å². The van der Waals surface area contributed by atoms with E-state index in [4.69, 9.17) is 5.14 Å². The number of nitrogens with one attached hydrogen (secondary N) is 1. The minimum atomic E-state index is -3.73. The fourth-order valence-corrected chi connectivity index (χ4v) is 4.79. The Hall–Kier alpha value is -2.47. The number of benzene rings is 1. The number of carbonyl (C=O) groups is 3. The van der Waals surface area contributed by atoms with Gasteiger partial charge in [-0.2, -0.15) is 0 Å². The van der Waals surface area contributed by atoms with Crippen LogP contribution in [0.4, 0.5) is 4.79 Å². The Bertz CT molecular complexity index is 1080. The molecule has 0 saturated carbocycles. The van der Waals surface area contributed by atoms with Crippen LogP contribution in [-0.4, -0.2) is 43.5 Å². The predicted molar refractivity (Wildman–Crippen MR) is 116 cm³/mol. The third-order valence-corrected chi connectivity index (χ3v) is 6.90. The molecule has 2 aromatic rings. The van der Waals surface area contributed by atoms with Gasteiger partial charge in [-0.3, -0.25) is 19.3 Å². The van der Waals surface area contributed by atoms with Crippen LogP contribution in [0.2, 0.25) is 0 Å². The molecule has 1 fully saturated rings. The largest absolute Gasteiger partial charge is 0.356 e. The highest BCUT2D eigenvalue weighted by Gasteiger charge is 2.35. The third-order valence-electron chi connectivity index (χ3n) is 4.24. The summed E-state index contributed by atoms with van der Waals surface area (Å²) in [6.45, 7) is 0.356. The van der Waals surface area contributed by atoms with Crippen LogP contribution in [0.15, 0.2) is 51.6 Å². The molecule has 3 rings (SSSR count). The fraction of sp³-hybridized carbons (Fsp3) is 0.211. The molecule has 0 unspecified atom stereocenters. The molecule has 3 amide bonds. The third kappa shape index (κ3) is 5.79. The number of carbonyl (C=O) groups excluding carboxylic acids is 3. The summed E-state index contributed by atoms with van der Waals surface area (Å²) in [4.78, 5) is 38.9. The van der Waals surface area contributed by atoms with Crippen molar-refractivity contribution in [3.05, 3.63) is 57.1 Å². The number of thiophene rings is 1. The van der Waals surface area contributed by atoms with Gasteiger partial charge in [-0.15, -0.1) is 11.3 Å². The van der Waals surface area contributed by atoms with Crippen molar-refractivity contribution in [3.63, 3.8) is 0 Å². The van der Waals surface area contributed by atoms with E-state index < -0.39 is 10.0 Å². The smallest absolute Gasteiger partial charge is 0.293 e. The minimum Gasteiger partial charge on any atom is -0.356 e. The first-order valence-corrected chi connectivity index (χ1v) is 12.2. The molecule has 1 aromatic heterocycles. The van der Waals surface area contributed by atoms with Gasteiger partial charge in [0.2, 0.25) is 15.9 Å². The highest BCUT2D eigenvalue weighted by atomic mass is 32.2. The van der Waals surface area contributed by atoms with Gasteiger partial charge >= 0.3 is 0 Å². The van der Waals surface area contributed by atoms with Crippen LogP contribution < -0.4 is 10.5 Å². The fourth-order valence-electron chi connectivity index (χ4n) is 2.69. The van der Waals surface area contributed by atoms with Gasteiger partial charge in [-0.05, 0) is 53.4 Å². The summed E-state index contributed by atoms with van der Waals surface area (Å²) in [5.74, 6) is -0.668. The van der Waals surface area contributed by atoms with Gasteiger partial charge in [-0.25, -0.2) is 13.6 Å². The Morgan fingerprint density at radius 2 is 1.90 bits per heavy atom. The van der Waals surface area contributed by atoms with Crippen LogP contribution in [0.3, 0.4) is 0 Å². The maximum absolute atomic E-state index is 12.4. The second kappa shape index (κ2) is 9.56. The maximum Gasteiger partial charge on any atom is 0.293 e. The van der Waals surface area contributed by atoms with E-state index >= 15 is 0 Å². The van der Waals surface area contributed by atoms with E-state index in [1.165, 1.54) is 23.5 Å². The summed E-state index contributed by atoms with van der Waals surface area (Å²) in [6, 6.07) is 9.80. The molecule has 3 N–H and O–H groups in total. The summed E-state index contributed by atoms with van der Waals surface area (Å²) in [6.07, 6.45) is 2.19. The summed E-state index contributed by atoms with van der Waals surface area (Å²) in [5.41, 5.74) is 0.840. The lowest BCUT2D eigenvalue weighted by Gasteiger charge is -2.12. The first-order valence-electron chi connectivity index (χ1n) is 8.91. The highest BCUT2D eigenvalue weighted by molar-refractivity contribution is 8.18. The quantitative estimate of drug-likeness (QED) is 0.576. The van der Waals surface area contributed by atoms with Crippen molar-refractivity contribution in [1.29, 1.82) is 0 Å². The van der Waals surface area contributed by atoms with Crippen LogP contribution in [0.5, 0.6) is 0 Å². The zero-order valence-electron chi connectivity index (χ0n) is 15.7. The van der Waals surface area contributed by atoms with Gasteiger partial charge in [0.05, 0.1) is 9.80 Å².